The summed E-state index contributed by atoms with van der Waals surface area (Å²) in [7, 11) is 1.75. The third kappa shape index (κ3) is 3.19. The Morgan fingerprint density at radius 1 is 1.24 bits per heavy atom. The van der Waals surface area contributed by atoms with Crippen molar-refractivity contribution in [2.75, 3.05) is 7.05 Å². The molecule has 0 fully saturated rings. The molecule has 7 heteroatoms. The minimum atomic E-state index is 0.564. The Hall–Kier alpha value is -2.41. The van der Waals surface area contributed by atoms with E-state index >= 15 is 0 Å². The molecular weight excluding hydrogens is 284 g/mol. The van der Waals surface area contributed by atoms with Crippen molar-refractivity contribution in [2.45, 2.75) is 13.1 Å². The van der Waals surface area contributed by atoms with E-state index in [1.165, 1.54) is 5.56 Å². The molecule has 0 aliphatic rings. The fourth-order valence-corrected chi connectivity index (χ4v) is 2.64. The van der Waals surface area contributed by atoms with Crippen molar-refractivity contribution in [3.8, 4) is 0 Å². The van der Waals surface area contributed by atoms with Crippen LogP contribution in [0.25, 0.3) is 5.65 Å². The van der Waals surface area contributed by atoms with Crippen LogP contribution >= 0.6 is 11.3 Å². The maximum Gasteiger partial charge on any atom is 0.191 e. The highest BCUT2D eigenvalue weighted by atomic mass is 32.1. The summed E-state index contributed by atoms with van der Waals surface area (Å²) in [6.07, 6.45) is 1.95. The van der Waals surface area contributed by atoms with Gasteiger partial charge in [-0.05, 0) is 34.5 Å². The predicted molar refractivity (Wildman–Crippen MR) is 84.3 cm³/mol. The molecule has 0 amide bonds. The lowest BCUT2D eigenvalue weighted by molar-refractivity contribution is 0.763. The second-order valence-corrected chi connectivity index (χ2v) is 5.24. The van der Waals surface area contributed by atoms with Crippen LogP contribution in [0, 0.1) is 0 Å². The van der Waals surface area contributed by atoms with Crippen molar-refractivity contribution in [1.82, 2.24) is 25.2 Å². The molecule has 21 heavy (non-hydrogen) atoms. The zero-order valence-corrected chi connectivity index (χ0v) is 12.5. The summed E-state index contributed by atoms with van der Waals surface area (Å²) in [4.78, 5) is 4.21. The first-order valence-corrected chi connectivity index (χ1v) is 7.55. The molecule has 0 atom stereocenters. The van der Waals surface area contributed by atoms with Crippen molar-refractivity contribution in [2.24, 2.45) is 4.99 Å². The van der Waals surface area contributed by atoms with Crippen LogP contribution in [0.3, 0.4) is 0 Å². The van der Waals surface area contributed by atoms with Gasteiger partial charge in [0.05, 0.1) is 6.54 Å². The molecule has 3 heterocycles. The van der Waals surface area contributed by atoms with Crippen LogP contribution in [0.4, 0.5) is 0 Å². The van der Waals surface area contributed by atoms with E-state index in [-0.39, 0.29) is 0 Å². The maximum absolute atomic E-state index is 4.21. The Kier molecular flexibility index (Phi) is 4.11. The zero-order chi connectivity index (χ0) is 14.5. The molecule has 0 spiro atoms. The van der Waals surface area contributed by atoms with Gasteiger partial charge in [0.25, 0.3) is 0 Å². The zero-order valence-electron chi connectivity index (χ0n) is 11.7. The van der Waals surface area contributed by atoms with Crippen LogP contribution in [0.1, 0.15) is 11.4 Å². The monoisotopic (exact) mass is 300 g/mol. The number of aliphatic imine (C=N–C) groups is 1. The summed E-state index contributed by atoms with van der Waals surface area (Å²) >= 11 is 1.69. The number of hydrogen-bond acceptors (Lipinski definition) is 4. The number of nitrogens with zero attached hydrogens (tertiary/aromatic N) is 4. The molecule has 3 rings (SSSR count). The number of fused-ring (bicyclic) bond motifs is 1. The third-order valence-electron chi connectivity index (χ3n) is 3.06. The third-order valence-corrected chi connectivity index (χ3v) is 3.79. The standard InChI is InChI=1S/C14H16N6S/c1-15-14(16-8-11-5-7-21-10-11)17-9-13-19-18-12-4-2-3-6-20(12)13/h2-7,10H,8-9H2,1H3,(H2,15,16,17). The fourth-order valence-electron chi connectivity index (χ4n) is 1.97. The van der Waals surface area contributed by atoms with Crippen molar-refractivity contribution in [3.05, 3.63) is 52.6 Å². The smallest absolute Gasteiger partial charge is 0.191 e. The normalized spacial score (nSPS) is 11.8. The number of thiophene rings is 1. The van der Waals surface area contributed by atoms with Crippen molar-refractivity contribution < 1.29 is 0 Å². The van der Waals surface area contributed by atoms with Crippen LogP contribution in [0.15, 0.2) is 46.2 Å². The Balaban J connectivity index is 1.60. The number of hydrogen-bond donors (Lipinski definition) is 2. The quantitative estimate of drug-likeness (QED) is 0.568. The average Bonchev–Trinajstić information content (AvgIpc) is 3.17. The van der Waals surface area contributed by atoms with Crippen LogP contribution < -0.4 is 10.6 Å². The molecule has 2 N–H and O–H groups in total. The molecule has 0 bridgehead atoms. The molecule has 3 aromatic heterocycles. The molecule has 0 saturated heterocycles. The highest BCUT2D eigenvalue weighted by Crippen LogP contribution is 2.05. The van der Waals surface area contributed by atoms with Crippen molar-refractivity contribution in [3.63, 3.8) is 0 Å². The average molecular weight is 300 g/mol. The SMILES string of the molecule is CN=C(NCc1ccsc1)NCc1nnc2ccccn12. The lowest BCUT2D eigenvalue weighted by Gasteiger charge is -2.10. The topological polar surface area (TPSA) is 66.6 Å². The second-order valence-electron chi connectivity index (χ2n) is 4.46. The lowest BCUT2D eigenvalue weighted by Crippen LogP contribution is -2.36. The molecule has 108 valence electrons. The highest BCUT2D eigenvalue weighted by Gasteiger charge is 2.05. The summed E-state index contributed by atoms with van der Waals surface area (Å²) in [6, 6.07) is 7.93. The first-order valence-electron chi connectivity index (χ1n) is 6.61. The lowest BCUT2D eigenvalue weighted by atomic mass is 10.3. The first-order chi connectivity index (χ1) is 10.4. The molecular formula is C14H16N6S. The molecule has 0 aliphatic heterocycles. The summed E-state index contributed by atoms with van der Waals surface area (Å²) in [5, 5.41) is 19.0. The van der Waals surface area contributed by atoms with Gasteiger partial charge < -0.3 is 10.6 Å². The molecule has 6 nitrogen and oxygen atoms in total. The van der Waals surface area contributed by atoms with Crippen LogP contribution in [0.5, 0.6) is 0 Å². The Labute approximate surface area is 126 Å². The van der Waals surface area contributed by atoms with Gasteiger partial charge in [-0.15, -0.1) is 10.2 Å². The Bertz CT molecular complexity index is 731. The maximum atomic E-state index is 4.21. The largest absolute Gasteiger partial charge is 0.352 e. The summed E-state index contributed by atoms with van der Waals surface area (Å²) in [5.41, 5.74) is 2.09. The molecule has 0 radical (unpaired) electrons. The number of aromatic nitrogens is 3. The van der Waals surface area contributed by atoms with E-state index in [0.717, 1.165) is 24.0 Å². The minimum absolute atomic E-state index is 0.564. The van der Waals surface area contributed by atoms with Crippen LogP contribution in [-0.4, -0.2) is 27.6 Å². The number of rotatable bonds is 4. The molecule has 0 unspecified atom stereocenters. The number of guanidine groups is 1. The number of nitrogens with one attached hydrogen (secondary N) is 2. The van der Waals surface area contributed by atoms with Gasteiger partial charge in [0.1, 0.15) is 0 Å². The van der Waals surface area contributed by atoms with E-state index in [1.54, 1.807) is 18.4 Å². The van der Waals surface area contributed by atoms with Crippen LogP contribution in [-0.2, 0) is 13.1 Å². The Morgan fingerprint density at radius 3 is 2.95 bits per heavy atom. The fraction of sp³-hybridized carbons (Fsp3) is 0.214. The van der Waals surface area contributed by atoms with Gasteiger partial charge in [0, 0.05) is 19.8 Å². The van der Waals surface area contributed by atoms with Gasteiger partial charge in [-0.1, -0.05) is 6.07 Å². The van der Waals surface area contributed by atoms with E-state index in [0.29, 0.717) is 6.54 Å². The van der Waals surface area contributed by atoms with Gasteiger partial charge >= 0.3 is 0 Å². The van der Waals surface area contributed by atoms with Gasteiger partial charge in [0.15, 0.2) is 17.4 Å². The first kappa shape index (κ1) is 13.6. The molecule has 0 aliphatic carbocycles. The summed E-state index contributed by atoms with van der Waals surface area (Å²) in [6.45, 7) is 1.32. The van der Waals surface area contributed by atoms with Crippen molar-refractivity contribution in [1.29, 1.82) is 0 Å². The molecule has 3 aromatic rings. The van der Waals surface area contributed by atoms with Gasteiger partial charge in [-0.3, -0.25) is 9.39 Å². The van der Waals surface area contributed by atoms with E-state index < -0.39 is 0 Å². The van der Waals surface area contributed by atoms with Crippen LogP contribution in [0.2, 0.25) is 0 Å². The highest BCUT2D eigenvalue weighted by molar-refractivity contribution is 7.07. The van der Waals surface area contributed by atoms with E-state index in [1.807, 2.05) is 28.8 Å². The Morgan fingerprint density at radius 2 is 2.14 bits per heavy atom. The van der Waals surface area contributed by atoms with E-state index in [9.17, 15) is 0 Å². The minimum Gasteiger partial charge on any atom is -0.352 e. The summed E-state index contributed by atoms with van der Waals surface area (Å²) < 4.78 is 1.96. The van der Waals surface area contributed by atoms with Gasteiger partial charge in [0.2, 0.25) is 0 Å². The predicted octanol–water partition coefficient (Wildman–Crippen LogP) is 1.66. The summed E-state index contributed by atoms with van der Waals surface area (Å²) in [5.74, 6) is 1.60. The van der Waals surface area contributed by atoms with Gasteiger partial charge in [-0.25, -0.2) is 0 Å². The van der Waals surface area contributed by atoms with E-state index in [4.69, 9.17) is 0 Å². The number of pyridine rings is 1. The van der Waals surface area contributed by atoms with E-state index in [2.05, 4.69) is 42.6 Å². The second kappa shape index (κ2) is 6.36. The van der Waals surface area contributed by atoms with Crippen molar-refractivity contribution >= 4 is 22.9 Å². The molecule has 0 aromatic carbocycles. The molecule has 0 saturated carbocycles. The van der Waals surface area contributed by atoms with Gasteiger partial charge in [-0.2, -0.15) is 11.3 Å².